The largest absolute Gasteiger partial charge is 0.396 e. The Hall–Kier alpha value is -1.13. The molecule has 4 nitrogen and oxygen atoms in total. The van der Waals surface area contributed by atoms with Crippen LogP contribution in [0.25, 0.3) is 0 Å². The number of nitrogens with zero attached hydrogens (tertiary/aromatic N) is 2. The molecule has 1 saturated heterocycles. The molecule has 1 fully saturated rings. The summed E-state index contributed by atoms with van der Waals surface area (Å²) in [5.41, 5.74) is 2.90. The molecule has 0 bridgehead atoms. The van der Waals surface area contributed by atoms with Gasteiger partial charge in [0.25, 0.3) is 0 Å². The van der Waals surface area contributed by atoms with Crippen molar-refractivity contribution in [2.45, 2.75) is 26.4 Å². The molecule has 4 heteroatoms. The van der Waals surface area contributed by atoms with Crippen LogP contribution in [0.2, 0.25) is 0 Å². The van der Waals surface area contributed by atoms with Crippen LogP contribution in [-0.4, -0.2) is 34.9 Å². The third-order valence-corrected chi connectivity index (χ3v) is 3.39. The van der Waals surface area contributed by atoms with Gasteiger partial charge in [0.1, 0.15) is 0 Å². The van der Waals surface area contributed by atoms with Crippen LogP contribution in [0, 0.1) is 12.8 Å². The van der Waals surface area contributed by atoms with Crippen molar-refractivity contribution in [3.8, 4) is 0 Å². The van der Waals surface area contributed by atoms with Gasteiger partial charge >= 0.3 is 0 Å². The highest BCUT2D eigenvalue weighted by atomic mass is 16.3. The predicted molar refractivity (Wildman–Crippen MR) is 66.9 cm³/mol. The Kier molecular flexibility index (Phi) is 3.97. The maximum atomic E-state index is 9.35. The number of rotatable bonds is 3. The minimum Gasteiger partial charge on any atom is -0.396 e. The van der Waals surface area contributed by atoms with Crippen molar-refractivity contribution in [1.82, 2.24) is 4.98 Å². The molecule has 2 N–H and O–H groups in total. The summed E-state index contributed by atoms with van der Waals surface area (Å²) in [6, 6.07) is 2.02. The molecule has 0 spiro atoms. The highest BCUT2D eigenvalue weighted by molar-refractivity contribution is 5.53. The Morgan fingerprint density at radius 2 is 2.29 bits per heavy atom. The fraction of sp³-hybridized carbons (Fsp3) is 0.615. The van der Waals surface area contributed by atoms with Crippen LogP contribution in [-0.2, 0) is 6.61 Å². The fourth-order valence-corrected chi connectivity index (χ4v) is 2.42. The topological polar surface area (TPSA) is 56.6 Å². The van der Waals surface area contributed by atoms with Gasteiger partial charge in [-0.25, -0.2) is 0 Å². The Morgan fingerprint density at radius 3 is 3.00 bits per heavy atom. The molecular weight excluding hydrogens is 216 g/mol. The lowest BCUT2D eigenvalue weighted by atomic mass is 9.98. The van der Waals surface area contributed by atoms with Gasteiger partial charge in [0.05, 0.1) is 6.61 Å². The van der Waals surface area contributed by atoms with E-state index in [1.54, 1.807) is 6.20 Å². The molecule has 17 heavy (non-hydrogen) atoms. The monoisotopic (exact) mass is 236 g/mol. The molecule has 1 aliphatic rings. The number of aromatic nitrogens is 1. The van der Waals surface area contributed by atoms with Crippen LogP contribution in [0.15, 0.2) is 12.3 Å². The summed E-state index contributed by atoms with van der Waals surface area (Å²) >= 11 is 0. The zero-order valence-electron chi connectivity index (χ0n) is 10.3. The van der Waals surface area contributed by atoms with Crippen LogP contribution in [0.5, 0.6) is 0 Å². The highest BCUT2D eigenvalue weighted by Crippen LogP contribution is 2.26. The van der Waals surface area contributed by atoms with E-state index in [4.69, 9.17) is 0 Å². The Morgan fingerprint density at radius 1 is 1.47 bits per heavy atom. The van der Waals surface area contributed by atoms with Gasteiger partial charge in [-0.05, 0) is 31.7 Å². The molecule has 1 unspecified atom stereocenters. The first-order chi connectivity index (χ1) is 8.24. The Bertz CT molecular complexity index is 382. The molecule has 2 heterocycles. The van der Waals surface area contributed by atoms with Crippen molar-refractivity contribution >= 4 is 5.69 Å². The van der Waals surface area contributed by atoms with Gasteiger partial charge in [-0.2, -0.15) is 0 Å². The Balaban J connectivity index is 2.22. The zero-order chi connectivity index (χ0) is 12.3. The molecule has 0 amide bonds. The van der Waals surface area contributed by atoms with Crippen LogP contribution < -0.4 is 4.90 Å². The van der Waals surface area contributed by atoms with Crippen molar-refractivity contribution < 1.29 is 10.2 Å². The number of aliphatic hydroxyl groups excluding tert-OH is 2. The first-order valence-electron chi connectivity index (χ1n) is 6.16. The van der Waals surface area contributed by atoms with Gasteiger partial charge in [0, 0.05) is 42.8 Å². The summed E-state index contributed by atoms with van der Waals surface area (Å²) in [5, 5.41) is 18.6. The second kappa shape index (κ2) is 5.47. The van der Waals surface area contributed by atoms with Crippen molar-refractivity contribution in [2.24, 2.45) is 5.92 Å². The summed E-state index contributed by atoms with van der Waals surface area (Å²) in [6.07, 6.45) is 3.93. The number of pyridine rings is 1. The molecule has 0 aromatic carbocycles. The summed E-state index contributed by atoms with van der Waals surface area (Å²) in [4.78, 5) is 6.46. The van der Waals surface area contributed by atoms with E-state index in [0.29, 0.717) is 5.92 Å². The van der Waals surface area contributed by atoms with E-state index < -0.39 is 0 Å². The molecule has 1 aromatic heterocycles. The molecule has 1 aromatic rings. The van der Waals surface area contributed by atoms with Crippen molar-refractivity contribution in [2.75, 3.05) is 24.6 Å². The van der Waals surface area contributed by atoms with E-state index in [0.717, 1.165) is 42.9 Å². The first-order valence-corrected chi connectivity index (χ1v) is 6.16. The molecule has 0 aliphatic carbocycles. The number of aliphatic hydroxyl groups is 2. The second-order valence-electron chi connectivity index (χ2n) is 4.75. The van der Waals surface area contributed by atoms with Crippen LogP contribution >= 0.6 is 0 Å². The number of piperidine rings is 1. The Labute approximate surface area is 102 Å². The summed E-state index contributed by atoms with van der Waals surface area (Å²) in [6.45, 7) is 4.08. The number of hydrogen-bond acceptors (Lipinski definition) is 4. The highest BCUT2D eigenvalue weighted by Gasteiger charge is 2.21. The van der Waals surface area contributed by atoms with Gasteiger partial charge in [0.15, 0.2) is 0 Å². The lowest BCUT2D eigenvalue weighted by Crippen LogP contribution is -2.37. The molecule has 94 valence electrons. The minimum absolute atomic E-state index is 0.0168. The SMILES string of the molecule is Cc1cc(N2CCCC(CO)C2)c(CO)cn1. The molecule has 2 rings (SSSR count). The predicted octanol–water partition coefficient (Wildman–Crippen LogP) is 1.09. The summed E-state index contributed by atoms with van der Waals surface area (Å²) in [5.74, 6) is 0.351. The molecular formula is C13H20N2O2. The van der Waals surface area contributed by atoms with Crippen LogP contribution in [0.4, 0.5) is 5.69 Å². The lowest BCUT2D eigenvalue weighted by Gasteiger charge is -2.34. The van der Waals surface area contributed by atoms with E-state index in [2.05, 4.69) is 9.88 Å². The third kappa shape index (κ3) is 2.76. The van der Waals surface area contributed by atoms with Crippen molar-refractivity contribution in [3.63, 3.8) is 0 Å². The molecule has 0 saturated carbocycles. The zero-order valence-corrected chi connectivity index (χ0v) is 10.3. The number of aryl methyl sites for hydroxylation is 1. The smallest absolute Gasteiger partial charge is 0.0717 e. The van der Waals surface area contributed by atoms with E-state index in [9.17, 15) is 10.2 Å². The fourth-order valence-electron chi connectivity index (χ4n) is 2.42. The summed E-state index contributed by atoms with van der Waals surface area (Å²) in [7, 11) is 0. The van der Waals surface area contributed by atoms with Crippen LogP contribution in [0.1, 0.15) is 24.1 Å². The maximum absolute atomic E-state index is 9.35. The van der Waals surface area contributed by atoms with E-state index in [1.807, 2.05) is 13.0 Å². The van der Waals surface area contributed by atoms with E-state index in [-0.39, 0.29) is 13.2 Å². The van der Waals surface area contributed by atoms with Gasteiger partial charge in [-0.1, -0.05) is 0 Å². The van der Waals surface area contributed by atoms with Crippen LogP contribution in [0.3, 0.4) is 0 Å². The van der Waals surface area contributed by atoms with Gasteiger partial charge < -0.3 is 15.1 Å². The van der Waals surface area contributed by atoms with Gasteiger partial charge in [-0.15, -0.1) is 0 Å². The first kappa shape index (κ1) is 12.3. The standard InChI is InChI=1S/C13H20N2O2/c1-10-5-13(12(9-17)6-14-10)15-4-2-3-11(7-15)8-16/h5-6,11,16-17H,2-4,7-9H2,1H3. The summed E-state index contributed by atoms with van der Waals surface area (Å²) < 4.78 is 0. The molecule has 1 aliphatic heterocycles. The maximum Gasteiger partial charge on any atom is 0.0717 e. The second-order valence-corrected chi connectivity index (χ2v) is 4.75. The number of hydrogen-bond donors (Lipinski definition) is 2. The van der Waals surface area contributed by atoms with Gasteiger partial charge in [-0.3, -0.25) is 4.98 Å². The average molecular weight is 236 g/mol. The van der Waals surface area contributed by atoms with Crippen molar-refractivity contribution in [1.29, 1.82) is 0 Å². The van der Waals surface area contributed by atoms with E-state index in [1.165, 1.54) is 0 Å². The lowest BCUT2D eigenvalue weighted by molar-refractivity contribution is 0.208. The quantitative estimate of drug-likeness (QED) is 0.825. The molecule has 0 radical (unpaired) electrons. The minimum atomic E-state index is 0.0168. The van der Waals surface area contributed by atoms with E-state index >= 15 is 0 Å². The molecule has 1 atom stereocenters. The van der Waals surface area contributed by atoms with Crippen molar-refractivity contribution in [3.05, 3.63) is 23.5 Å². The normalized spacial score (nSPS) is 20.6. The van der Waals surface area contributed by atoms with Gasteiger partial charge in [0.2, 0.25) is 0 Å². The average Bonchev–Trinajstić information content (AvgIpc) is 2.39. The number of anilines is 1. The third-order valence-electron chi connectivity index (χ3n) is 3.39.